The number of aliphatic hydroxyl groups is 2. The quantitative estimate of drug-likeness (QED) is 0.515. The Labute approximate surface area is 205 Å². The fraction of sp³-hybridized carbons (Fsp3) is 0.423. The van der Waals surface area contributed by atoms with Gasteiger partial charge in [0.25, 0.3) is 0 Å². The number of aromatic hydroxyl groups is 1. The van der Waals surface area contributed by atoms with Crippen LogP contribution in [0, 0.1) is 17.8 Å². The minimum atomic E-state index is -1.06. The molecule has 0 aliphatic heterocycles. The lowest BCUT2D eigenvalue weighted by molar-refractivity contribution is -0.127. The third-order valence-electron chi connectivity index (χ3n) is 7.09. The topological polar surface area (TPSA) is 143 Å². The smallest absolute Gasteiger partial charge is 0.173 e. The lowest BCUT2D eigenvalue weighted by Crippen LogP contribution is -2.43. The van der Waals surface area contributed by atoms with Gasteiger partial charge in [-0.2, -0.15) is 0 Å². The minimum absolute atomic E-state index is 0. The number of halogens is 1. The van der Waals surface area contributed by atoms with Crippen LogP contribution < -0.4 is 0 Å². The van der Waals surface area contributed by atoms with Crippen molar-refractivity contribution in [1.29, 1.82) is 0 Å². The van der Waals surface area contributed by atoms with Crippen molar-refractivity contribution in [3.63, 3.8) is 0 Å². The molecule has 7 nitrogen and oxygen atoms in total. The molecule has 1 saturated carbocycles. The summed E-state index contributed by atoms with van der Waals surface area (Å²) in [6, 6.07) is 1.77. The standard InChI is InChI=1S/C26H27ClO6.H2O.2H2/c1-10(27)14-9-16(26(3,4)5)22(30)21-15(14)7-12-6-13-8-17(29)18(11(2)28)23(31)20(13)24(32)19(12)25(21)33;;;/h9,12-13,20,30-31,33H,1,6-8H2,2-5H3;1H2;2*1H. The Kier molecular flexibility index (Phi) is 6.35. The number of rotatable bonds is 2. The zero-order chi connectivity index (χ0) is 24.6. The normalized spacial score (nSPS) is 24.2. The van der Waals surface area contributed by atoms with E-state index < -0.39 is 46.3 Å². The number of Topliss-reactive ketones (excluding diaryl/α,β-unsaturated/α-hetero) is 3. The Bertz CT molecular complexity index is 1220. The van der Waals surface area contributed by atoms with Crippen LogP contribution in [0.5, 0.6) is 5.75 Å². The van der Waals surface area contributed by atoms with Gasteiger partial charge in [-0.3, -0.25) is 14.4 Å². The molecule has 5 N–H and O–H groups in total. The molecule has 1 aromatic carbocycles. The molecule has 186 valence electrons. The predicted molar refractivity (Wildman–Crippen MR) is 133 cm³/mol. The average molecular weight is 493 g/mol. The number of ketones is 3. The third kappa shape index (κ3) is 3.67. The minimum Gasteiger partial charge on any atom is -0.511 e. The molecular weight excluding hydrogens is 460 g/mol. The number of aliphatic hydroxyl groups excluding tert-OH is 2. The summed E-state index contributed by atoms with van der Waals surface area (Å²) >= 11 is 6.30. The second-order valence-corrected chi connectivity index (χ2v) is 10.7. The first-order valence-electron chi connectivity index (χ1n) is 10.9. The fourth-order valence-corrected chi connectivity index (χ4v) is 5.80. The summed E-state index contributed by atoms with van der Waals surface area (Å²) in [6.45, 7) is 10.8. The number of carbonyl (C=O) groups is 3. The summed E-state index contributed by atoms with van der Waals surface area (Å²) in [7, 11) is 0. The van der Waals surface area contributed by atoms with E-state index in [2.05, 4.69) is 6.58 Å². The van der Waals surface area contributed by atoms with E-state index in [-0.39, 0.29) is 48.0 Å². The maximum Gasteiger partial charge on any atom is 0.173 e. The van der Waals surface area contributed by atoms with E-state index in [0.29, 0.717) is 29.5 Å². The molecule has 3 aliphatic rings. The van der Waals surface area contributed by atoms with Crippen molar-refractivity contribution < 1.29 is 38.0 Å². The SMILES string of the molecule is C=C(Cl)c1cc(C(C)(C)C)c(O)c2c1CC1CC3CC(=O)C(C(C)=O)=C(O)C3C(=O)C1=C2O.O.[HH].[HH]. The summed E-state index contributed by atoms with van der Waals surface area (Å²) in [5, 5.41) is 33.4. The van der Waals surface area contributed by atoms with Crippen LogP contribution in [0.1, 0.15) is 65.6 Å². The number of phenols is 1. The predicted octanol–water partition coefficient (Wildman–Crippen LogP) is 4.59. The van der Waals surface area contributed by atoms with Crippen molar-refractivity contribution >= 4 is 39.7 Å². The number of hydrogen-bond acceptors (Lipinski definition) is 6. The van der Waals surface area contributed by atoms with Gasteiger partial charge in [0.1, 0.15) is 17.3 Å². The molecule has 3 unspecified atom stereocenters. The summed E-state index contributed by atoms with van der Waals surface area (Å²) in [5.74, 6) is -4.51. The molecule has 3 atom stereocenters. The summed E-state index contributed by atoms with van der Waals surface area (Å²) in [4.78, 5) is 38.0. The van der Waals surface area contributed by atoms with Crippen LogP contribution in [0.25, 0.3) is 10.8 Å². The van der Waals surface area contributed by atoms with E-state index in [1.807, 2.05) is 20.8 Å². The molecular formula is C26H33ClO7. The van der Waals surface area contributed by atoms with Gasteiger partial charge in [0.2, 0.25) is 0 Å². The van der Waals surface area contributed by atoms with E-state index in [0.717, 1.165) is 0 Å². The third-order valence-corrected chi connectivity index (χ3v) is 7.30. The molecule has 0 spiro atoms. The first-order chi connectivity index (χ1) is 15.3. The number of allylic oxidation sites excluding steroid dienone is 3. The number of benzene rings is 1. The number of carbonyl (C=O) groups excluding carboxylic acids is 3. The van der Waals surface area contributed by atoms with Gasteiger partial charge in [-0.1, -0.05) is 39.0 Å². The highest BCUT2D eigenvalue weighted by Gasteiger charge is 2.51. The van der Waals surface area contributed by atoms with Gasteiger partial charge in [-0.25, -0.2) is 0 Å². The summed E-state index contributed by atoms with van der Waals surface area (Å²) in [6.07, 6.45) is 0.670. The Morgan fingerprint density at radius 3 is 2.32 bits per heavy atom. The molecule has 1 aromatic rings. The van der Waals surface area contributed by atoms with Gasteiger partial charge in [-0.05, 0) is 54.2 Å². The van der Waals surface area contributed by atoms with Crippen molar-refractivity contribution in [3.8, 4) is 5.75 Å². The van der Waals surface area contributed by atoms with Gasteiger partial charge >= 0.3 is 0 Å². The molecule has 0 heterocycles. The van der Waals surface area contributed by atoms with E-state index in [4.69, 9.17) is 11.6 Å². The Balaban J connectivity index is 0.00000216. The molecule has 0 aromatic heterocycles. The van der Waals surface area contributed by atoms with E-state index in [9.17, 15) is 29.7 Å². The first kappa shape index (κ1) is 25.7. The molecule has 8 heteroatoms. The second kappa shape index (κ2) is 8.40. The van der Waals surface area contributed by atoms with Crippen LogP contribution in [0.3, 0.4) is 0 Å². The molecule has 3 aliphatic carbocycles. The van der Waals surface area contributed by atoms with E-state index >= 15 is 0 Å². The van der Waals surface area contributed by atoms with Gasteiger partial charge in [-0.15, -0.1) is 0 Å². The lowest BCUT2D eigenvalue weighted by atomic mass is 9.61. The number of phenolic OH excluding ortho intramolecular Hbond substituents is 1. The average Bonchev–Trinajstić information content (AvgIpc) is 2.65. The zero-order valence-electron chi connectivity index (χ0n) is 19.6. The second-order valence-electron chi connectivity index (χ2n) is 10.3. The molecule has 0 bridgehead atoms. The first-order valence-corrected chi connectivity index (χ1v) is 11.3. The molecule has 0 saturated heterocycles. The highest BCUT2D eigenvalue weighted by Crippen LogP contribution is 2.52. The Hall–Kier alpha value is -2.90. The molecule has 0 radical (unpaired) electrons. The highest BCUT2D eigenvalue weighted by atomic mass is 35.5. The Morgan fingerprint density at radius 2 is 1.79 bits per heavy atom. The maximum absolute atomic E-state index is 13.6. The van der Waals surface area contributed by atoms with Crippen LogP contribution in [-0.2, 0) is 26.2 Å². The number of hydrogen-bond donors (Lipinski definition) is 3. The van der Waals surface area contributed by atoms with Crippen LogP contribution in [-0.4, -0.2) is 38.1 Å². The maximum atomic E-state index is 13.6. The van der Waals surface area contributed by atoms with Crippen molar-refractivity contribution in [2.75, 3.05) is 0 Å². The van der Waals surface area contributed by atoms with Crippen LogP contribution in [0.15, 0.2) is 29.6 Å². The Morgan fingerprint density at radius 1 is 1.18 bits per heavy atom. The largest absolute Gasteiger partial charge is 0.511 e. The van der Waals surface area contributed by atoms with E-state index in [1.54, 1.807) is 6.07 Å². The summed E-state index contributed by atoms with van der Waals surface area (Å²) in [5.41, 5.74) is 1.19. The lowest BCUT2D eigenvalue weighted by Gasteiger charge is -2.41. The monoisotopic (exact) mass is 492 g/mol. The fourth-order valence-electron chi connectivity index (χ4n) is 5.64. The molecule has 4 rings (SSSR count). The number of fused-ring (bicyclic) bond motifs is 3. The summed E-state index contributed by atoms with van der Waals surface area (Å²) < 4.78 is 0. The van der Waals surface area contributed by atoms with Crippen molar-refractivity contribution in [2.45, 2.75) is 52.4 Å². The van der Waals surface area contributed by atoms with Crippen molar-refractivity contribution in [3.05, 3.63) is 51.8 Å². The molecule has 34 heavy (non-hydrogen) atoms. The van der Waals surface area contributed by atoms with Crippen LogP contribution in [0.4, 0.5) is 0 Å². The van der Waals surface area contributed by atoms with Gasteiger partial charge in [0.15, 0.2) is 17.3 Å². The molecule has 0 amide bonds. The highest BCUT2D eigenvalue weighted by molar-refractivity contribution is 6.48. The van der Waals surface area contributed by atoms with Crippen molar-refractivity contribution in [2.24, 2.45) is 17.8 Å². The van der Waals surface area contributed by atoms with E-state index in [1.165, 1.54) is 6.92 Å². The van der Waals surface area contributed by atoms with Crippen LogP contribution >= 0.6 is 11.6 Å². The van der Waals surface area contributed by atoms with Gasteiger partial charge in [0, 0.05) is 25.4 Å². The van der Waals surface area contributed by atoms with Crippen LogP contribution in [0.2, 0.25) is 0 Å². The van der Waals surface area contributed by atoms with Gasteiger partial charge in [0.05, 0.1) is 17.1 Å². The van der Waals surface area contributed by atoms with Crippen molar-refractivity contribution in [1.82, 2.24) is 0 Å². The molecule has 1 fully saturated rings. The van der Waals surface area contributed by atoms with Gasteiger partial charge < -0.3 is 20.8 Å². The zero-order valence-corrected chi connectivity index (χ0v) is 20.3.